The van der Waals surface area contributed by atoms with E-state index in [1.807, 2.05) is 0 Å². The summed E-state index contributed by atoms with van der Waals surface area (Å²) in [5.41, 5.74) is 0. The highest BCUT2D eigenvalue weighted by molar-refractivity contribution is 5.84. The standard InChI is InChI=1S/C17H29F3N4O2/c1-24(2)15(25)11-22-16(21-10-14-7-4-8-26-14)23-13-6-3-5-12(9-13)17(18,19)20/h12-14H,3-11H2,1-2H3,(H2,21,22,23). The van der Waals surface area contributed by atoms with Crippen LogP contribution in [0.25, 0.3) is 0 Å². The average molecular weight is 378 g/mol. The molecule has 150 valence electrons. The molecule has 6 nitrogen and oxygen atoms in total. The predicted molar refractivity (Wildman–Crippen MR) is 92.9 cm³/mol. The second-order valence-electron chi connectivity index (χ2n) is 7.22. The molecule has 1 amide bonds. The molecule has 2 fully saturated rings. The molecular formula is C17H29F3N4O2. The number of carbonyl (C=O) groups excluding carboxylic acids is 1. The lowest BCUT2D eigenvalue weighted by molar-refractivity contribution is -0.183. The second kappa shape index (κ2) is 9.43. The molecule has 1 aliphatic carbocycles. The van der Waals surface area contributed by atoms with Crippen molar-refractivity contribution < 1.29 is 22.7 Å². The van der Waals surface area contributed by atoms with Gasteiger partial charge in [0.2, 0.25) is 5.91 Å². The monoisotopic (exact) mass is 378 g/mol. The van der Waals surface area contributed by atoms with Crippen molar-refractivity contribution in [2.75, 3.05) is 33.8 Å². The van der Waals surface area contributed by atoms with Crippen molar-refractivity contribution in [2.24, 2.45) is 10.9 Å². The molecule has 0 aromatic rings. The number of nitrogens with one attached hydrogen (secondary N) is 2. The summed E-state index contributed by atoms with van der Waals surface area (Å²) in [6, 6.07) is -0.305. The highest BCUT2D eigenvalue weighted by Crippen LogP contribution is 2.37. The van der Waals surface area contributed by atoms with E-state index in [1.54, 1.807) is 14.1 Å². The van der Waals surface area contributed by atoms with Crippen LogP contribution in [0.1, 0.15) is 38.5 Å². The number of nitrogens with zero attached hydrogens (tertiary/aromatic N) is 2. The van der Waals surface area contributed by atoms with Gasteiger partial charge in [0.15, 0.2) is 5.96 Å². The van der Waals surface area contributed by atoms with Crippen molar-refractivity contribution in [1.29, 1.82) is 0 Å². The average Bonchev–Trinajstić information content (AvgIpc) is 3.10. The van der Waals surface area contributed by atoms with Crippen molar-refractivity contribution in [3.05, 3.63) is 0 Å². The molecule has 2 N–H and O–H groups in total. The van der Waals surface area contributed by atoms with E-state index in [4.69, 9.17) is 4.74 Å². The molecule has 2 rings (SSSR count). The van der Waals surface area contributed by atoms with E-state index >= 15 is 0 Å². The van der Waals surface area contributed by atoms with Gasteiger partial charge in [-0.1, -0.05) is 6.42 Å². The number of likely N-dealkylation sites (N-methyl/N-ethyl adjacent to an activating group) is 1. The van der Waals surface area contributed by atoms with Crippen LogP contribution in [0.5, 0.6) is 0 Å². The maximum Gasteiger partial charge on any atom is 0.391 e. The Kier molecular flexibility index (Phi) is 7.55. The Balaban J connectivity index is 1.95. The van der Waals surface area contributed by atoms with Crippen LogP contribution in [0.4, 0.5) is 13.2 Å². The van der Waals surface area contributed by atoms with Crippen LogP contribution in [-0.2, 0) is 9.53 Å². The fraction of sp³-hybridized carbons (Fsp3) is 0.882. The van der Waals surface area contributed by atoms with E-state index in [2.05, 4.69) is 15.6 Å². The van der Waals surface area contributed by atoms with E-state index in [0.29, 0.717) is 25.3 Å². The van der Waals surface area contributed by atoms with Crippen LogP contribution in [-0.4, -0.2) is 68.9 Å². The molecule has 3 atom stereocenters. The Labute approximate surface area is 152 Å². The number of ether oxygens (including phenoxy) is 1. The summed E-state index contributed by atoms with van der Waals surface area (Å²) in [6.45, 7) is 1.20. The Bertz CT molecular complexity index is 491. The lowest BCUT2D eigenvalue weighted by Gasteiger charge is -2.32. The highest BCUT2D eigenvalue weighted by atomic mass is 19.4. The molecule has 3 unspecified atom stereocenters. The van der Waals surface area contributed by atoms with Gasteiger partial charge in [-0.05, 0) is 32.1 Å². The van der Waals surface area contributed by atoms with E-state index in [0.717, 1.165) is 19.4 Å². The first kappa shape index (κ1) is 20.8. The van der Waals surface area contributed by atoms with Gasteiger partial charge in [-0.25, -0.2) is 4.99 Å². The molecule has 1 saturated heterocycles. The smallest absolute Gasteiger partial charge is 0.376 e. The third-order valence-electron chi connectivity index (χ3n) is 4.87. The minimum Gasteiger partial charge on any atom is -0.376 e. The van der Waals surface area contributed by atoms with Crippen molar-refractivity contribution >= 4 is 11.9 Å². The summed E-state index contributed by atoms with van der Waals surface area (Å²) < 4.78 is 44.6. The number of alkyl halides is 3. The largest absolute Gasteiger partial charge is 0.391 e. The molecule has 0 aromatic heterocycles. The van der Waals surface area contributed by atoms with Crippen LogP contribution in [0.2, 0.25) is 0 Å². The van der Waals surface area contributed by atoms with Gasteiger partial charge >= 0.3 is 6.18 Å². The van der Waals surface area contributed by atoms with E-state index in [1.165, 1.54) is 4.90 Å². The van der Waals surface area contributed by atoms with Gasteiger partial charge in [0.05, 0.1) is 12.0 Å². The van der Waals surface area contributed by atoms with Crippen LogP contribution in [0.3, 0.4) is 0 Å². The summed E-state index contributed by atoms with van der Waals surface area (Å²) in [7, 11) is 3.28. The summed E-state index contributed by atoms with van der Waals surface area (Å²) in [6.07, 6.45) is -0.753. The number of rotatable bonds is 5. The highest BCUT2D eigenvalue weighted by Gasteiger charge is 2.42. The topological polar surface area (TPSA) is 66.0 Å². The Morgan fingerprint density at radius 1 is 1.23 bits per heavy atom. The Morgan fingerprint density at radius 2 is 2.00 bits per heavy atom. The lowest BCUT2D eigenvalue weighted by Crippen LogP contribution is -2.48. The maximum atomic E-state index is 13.0. The minimum atomic E-state index is -4.16. The van der Waals surface area contributed by atoms with Gasteiger partial charge < -0.3 is 20.3 Å². The quantitative estimate of drug-likeness (QED) is 0.567. The molecule has 1 heterocycles. The summed E-state index contributed by atoms with van der Waals surface area (Å²) >= 11 is 0. The summed E-state index contributed by atoms with van der Waals surface area (Å²) in [5, 5.41) is 6.21. The molecule has 26 heavy (non-hydrogen) atoms. The fourth-order valence-corrected chi connectivity index (χ4v) is 3.27. The zero-order chi connectivity index (χ0) is 19.2. The van der Waals surface area contributed by atoms with Crippen molar-refractivity contribution in [3.8, 4) is 0 Å². The molecule has 0 bridgehead atoms. The zero-order valence-electron chi connectivity index (χ0n) is 15.4. The van der Waals surface area contributed by atoms with Crippen LogP contribution in [0.15, 0.2) is 4.99 Å². The van der Waals surface area contributed by atoms with Crippen molar-refractivity contribution in [1.82, 2.24) is 15.5 Å². The van der Waals surface area contributed by atoms with Gasteiger partial charge in [0.1, 0.15) is 6.54 Å². The number of guanidine groups is 1. The SMILES string of the molecule is CN(C)C(=O)CN=C(NCC1CCCO1)NC1CCCC(C(F)(F)F)C1. The Morgan fingerprint density at radius 3 is 2.62 bits per heavy atom. The Hall–Kier alpha value is -1.51. The fourth-order valence-electron chi connectivity index (χ4n) is 3.27. The first-order valence-corrected chi connectivity index (χ1v) is 9.19. The van der Waals surface area contributed by atoms with Crippen LogP contribution >= 0.6 is 0 Å². The van der Waals surface area contributed by atoms with Crippen molar-refractivity contribution in [2.45, 2.75) is 56.8 Å². The maximum absolute atomic E-state index is 13.0. The van der Waals surface area contributed by atoms with E-state index in [-0.39, 0.29) is 37.4 Å². The lowest BCUT2D eigenvalue weighted by atomic mass is 9.85. The number of carbonyl (C=O) groups is 1. The first-order valence-electron chi connectivity index (χ1n) is 9.19. The van der Waals surface area contributed by atoms with Crippen molar-refractivity contribution in [3.63, 3.8) is 0 Å². The van der Waals surface area contributed by atoms with E-state index in [9.17, 15) is 18.0 Å². The molecule has 0 radical (unpaired) electrons. The van der Waals surface area contributed by atoms with Crippen LogP contribution < -0.4 is 10.6 Å². The molecule has 1 saturated carbocycles. The minimum absolute atomic E-state index is 0.0335. The van der Waals surface area contributed by atoms with Gasteiger partial charge in [0, 0.05) is 33.3 Å². The first-order chi connectivity index (χ1) is 12.3. The van der Waals surface area contributed by atoms with Crippen LogP contribution in [0, 0.1) is 5.92 Å². The molecule has 0 aromatic carbocycles. The number of aliphatic imine (C=N–C) groups is 1. The number of halogens is 3. The normalized spacial score (nSPS) is 27.3. The second-order valence-corrected chi connectivity index (χ2v) is 7.22. The summed E-state index contributed by atoms with van der Waals surface area (Å²) in [5.74, 6) is -1.07. The number of hydrogen-bond donors (Lipinski definition) is 2. The van der Waals surface area contributed by atoms with Gasteiger partial charge in [-0.2, -0.15) is 13.2 Å². The number of amides is 1. The summed E-state index contributed by atoms with van der Waals surface area (Å²) in [4.78, 5) is 17.5. The molecular weight excluding hydrogens is 349 g/mol. The predicted octanol–water partition coefficient (Wildman–Crippen LogP) is 1.91. The molecule has 1 aliphatic heterocycles. The van der Waals surface area contributed by atoms with Gasteiger partial charge in [-0.3, -0.25) is 4.79 Å². The molecule has 0 spiro atoms. The third kappa shape index (κ3) is 6.66. The van der Waals surface area contributed by atoms with Gasteiger partial charge in [0.25, 0.3) is 0 Å². The third-order valence-corrected chi connectivity index (χ3v) is 4.87. The molecule has 9 heteroatoms. The molecule has 2 aliphatic rings. The van der Waals surface area contributed by atoms with E-state index < -0.39 is 12.1 Å². The zero-order valence-corrected chi connectivity index (χ0v) is 15.4. The number of hydrogen-bond acceptors (Lipinski definition) is 3. The van der Waals surface area contributed by atoms with Gasteiger partial charge in [-0.15, -0.1) is 0 Å².